The number of hydrogen-bond donors (Lipinski definition) is 0. The second kappa shape index (κ2) is 4.59. The van der Waals surface area contributed by atoms with Gasteiger partial charge < -0.3 is 14.4 Å². The molecule has 0 amide bonds. The summed E-state index contributed by atoms with van der Waals surface area (Å²) >= 11 is 5.84. The summed E-state index contributed by atoms with van der Waals surface area (Å²) in [5.74, 6) is -1.11. The summed E-state index contributed by atoms with van der Waals surface area (Å²) in [7, 11) is 0. The van der Waals surface area contributed by atoms with Crippen molar-refractivity contribution in [3.63, 3.8) is 0 Å². The van der Waals surface area contributed by atoms with Gasteiger partial charge in [0.05, 0.1) is 17.2 Å². The Labute approximate surface area is 103 Å². The van der Waals surface area contributed by atoms with Crippen molar-refractivity contribution in [2.45, 2.75) is 13.3 Å². The van der Waals surface area contributed by atoms with Crippen molar-refractivity contribution in [2.24, 2.45) is 0 Å². The molecule has 0 atom stereocenters. The third-order valence-electron chi connectivity index (χ3n) is 2.39. The van der Waals surface area contributed by atoms with E-state index in [1.54, 1.807) is 31.2 Å². The van der Waals surface area contributed by atoms with Gasteiger partial charge in [0.2, 0.25) is 0 Å². The summed E-state index contributed by atoms with van der Waals surface area (Å²) in [6, 6.07) is 6.73. The van der Waals surface area contributed by atoms with E-state index in [0.717, 1.165) is 0 Å². The number of carboxylic acids is 1. The lowest BCUT2D eigenvalue weighted by Crippen LogP contribution is -2.23. The monoisotopic (exact) mass is 250 g/mol. The van der Waals surface area contributed by atoms with E-state index in [9.17, 15) is 9.90 Å². The van der Waals surface area contributed by atoms with Crippen molar-refractivity contribution in [1.82, 2.24) is 5.16 Å². The van der Waals surface area contributed by atoms with Crippen LogP contribution in [0.15, 0.2) is 28.8 Å². The van der Waals surface area contributed by atoms with Crippen LogP contribution in [0, 0.1) is 0 Å². The van der Waals surface area contributed by atoms with Gasteiger partial charge in [-0.1, -0.05) is 35.8 Å². The number of carbonyl (C=O) groups is 1. The summed E-state index contributed by atoms with van der Waals surface area (Å²) in [5.41, 5.74) is 0.943. The van der Waals surface area contributed by atoms with E-state index >= 15 is 0 Å². The SMILES string of the molecule is CCc1noc(-c2cccc(Cl)c2)c1C(=O)[O-]. The minimum atomic E-state index is -1.29. The molecule has 0 spiro atoms. The van der Waals surface area contributed by atoms with Crippen LogP contribution in [0.25, 0.3) is 11.3 Å². The van der Waals surface area contributed by atoms with Gasteiger partial charge in [0.25, 0.3) is 0 Å². The van der Waals surface area contributed by atoms with Crippen molar-refractivity contribution in [3.8, 4) is 11.3 Å². The van der Waals surface area contributed by atoms with E-state index in [0.29, 0.717) is 22.7 Å². The Balaban J connectivity index is 2.60. The smallest absolute Gasteiger partial charge is 0.176 e. The van der Waals surface area contributed by atoms with Crippen molar-refractivity contribution >= 4 is 17.6 Å². The molecule has 0 aliphatic carbocycles. The maximum Gasteiger partial charge on any atom is 0.176 e. The summed E-state index contributed by atoms with van der Waals surface area (Å²) in [6.07, 6.45) is 0.466. The maximum absolute atomic E-state index is 11.1. The number of aromatic nitrogens is 1. The molecule has 0 saturated heterocycles. The first kappa shape index (κ1) is 11.7. The van der Waals surface area contributed by atoms with E-state index < -0.39 is 5.97 Å². The Hall–Kier alpha value is -1.81. The lowest BCUT2D eigenvalue weighted by molar-refractivity contribution is -0.255. The molecule has 2 aromatic rings. The first-order valence-electron chi connectivity index (χ1n) is 5.09. The third-order valence-corrected chi connectivity index (χ3v) is 2.62. The van der Waals surface area contributed by atoms with Crippen molar-refractivity contribution in [2.75, 3.05) is 0 Å². The van der Waals surface area contributed by atoms with Crippen LogP contribution in [0.4, 0.5) is 0 Å². The lowest BCUT2D eigenvalue weighted by Gasteiger charge is -2.04. The zero-order valence-electron chi connectivity index (χ0n) is 9.07. The molecule has 0 bridgehead atoms. The molecule has 17 heavy (non-hydrogen) atoms. The van der Waals surface area contributed by atoms with Gasteiger partial charge in [-0.3, -0.25) is 0 Å². The average molecular weight is 251 g/mol. The van der Waals surface area contributed by atoms with Crippen LogP contribution in [0.5, 0.6) is 0 Å². The largest absolute Gasteiger partial charge is 0.545 e. The normalized spacial score (nSPS) is 10.5. The Morgan fingerprint density at radius 2 is 2.29 bits per heavy atom. The lowest BCUT2D eigenvalue weighted by atomic mass is 10.1. The fraction of sp³-hybridized carbons (Fsp3) is 0.167. The van der Waals surface area contributed by atoms with Gasteiger partial charge in [-0.15, -0.1) is 0 Å². The molecule has 0 aliphatic heterocycles. The molecule has 1 aromatic carbocycles. The molecular formula is C12H9ClNO3-. The highest BCUT2D eigenvalue weighted by molar-refractivity contribution is 6.30. The highest BCUT2D eigenvalue weighted by atomic mass is 35.5. The third kappa shape index (κ3) is 2.17. The van der Waals surface area contributed by atoms with Crippen molar-refractivity contribution in [3.05, 3.63) is 40.5 Å². The van der Waals surface area contributed by atoms with Gasteiger partial charge in [0, 0.05) is 10.6 Å². The fourth-order valence-corrected chi connectivity index (χ4v) is 1.79. The van der Waals surface area contributed by atoms with E-state index in [2.05, 4.69) is 5.16 Å². The number of carbonyl (C=O) groups excluding carboxylic acids is 1. The number of aryl methyl sites for hydroxylation is 1. The molecule has 0 N–H and O–H groups in total. The Morgan fingerprint density at radius 3 is 2.88 bits per heavy atom. The summed E-state index contributed by atoms with van der Waals surface area (Å²) < 4.78 is 5.06. The Morgan fingerprint density at radius 1 is 1.53 bits per heavy atom. The van der Waals surface area contributed by atoms with Crippen LogP contribution in [0.2, 0.25) is 5.02 Å². The van der Waals surface area contributed by atoms with E-state index in [-0.39, 0.29) is 11.3 Å². The molecule has 0 unspecified atom stereocenters. The minimum Gasteiger partial charge on any atom is -0.545 e. The van der Waals surface area contributed by atoms with E-state index in [1.807, 2.05) is 0 Å². The molecule has 88 valence electrons. The maximum atomic E-state index is 11.1. The number of rotatable bonds is 3. The van der Waals surface area contributed by atoms with Crippen LogP contribution in [0.1, 0.15) is 23.0 Å². The molecule has 1 heterocycles. The van der Waals surface area contributed by atoms with Crippen molar-refractivity contribution in [1.29, 1.82) is 0 Å². The number of carboxylic acid groups (broad SMARTS) is 1. The summed E-state index contributed by atoms with van der Waals surface area (Å²) in [6.45, 7) is 1.80. The molecule has 1 aromatic heterocycles. The van der Waals surface area contributed by atoms with Crippen LogP contribution in [0.3, 0.4) is 0 Å². The Kier molecular flexibility index (Phi) is 3.15. The van der Waals surface area contributed by atoms with Gasteiger partial charge in [0.1, 0.15) is 0 Å². The van der Waals surface area contributed by atoms with Gasteiger partial charge in [0.15, 0.2) is 5.76 Å². The molecule has 0 fully saturated rings. The standard InChI is InChI=1S/C12H10ClNO3/c1-2-9-10(12(15)16)11(17-14-9)7-4-3-5-8(13)6-7/h3-6H,2H2,1H3,(H,15,16)/p-1. The predicted molar refractivity (Wildman–Crippen MR) is 60.7 cm³/mol. The highest BCUT2D eigenvalue weighted by Gasteiger charge is 2.17. The zero-order chi connectivity index (χ0) is 12.4. The molecular weight excluding hydrogens is 242 g/mol. The topological polar surface area (TPSA) is 66.2 Å². The minimum absolute atomic E-state index is 0.00485. The number of hydrogen-bond acceptors (Lipinski definition) is 4. The average Bonchev–Trinajstić information content (AvgIpc) is 2.72. The number of halogens is 1. The van der Waals surface area contributed by atoms with E-state index in [4.69, 9.17) is 16.1 Å². The van der Waals surface area contributed by atoms with Gasteiger partial charge >= 0.3 is 0 Å². The van der Waals surface area contributed by atoms with Crippen LogP contribution in [-0.4, -0.2) is 11.1 Å². The second-order valence-corrected chi connectivity index (χ2v) is 3.92. The molecule has 0 saturated carbocycles. The fourth-order valence-electron chi connectivity index (χ4n) is 1.60. The molecule has 4 nitrogen and oxygen atoms in total. The van der Waals surface area contributed by atoms with Crippen LogP contribution >= 0.6 is 11.6 Å². The molecule has 2 rings (SSSR count). The first-order chi connectivity index (χ1) is 8.13. The van der Waals surface area contributed by atoms with Crippen LogP contribution < -0.4 is 5.11 Å². The number of nitrogens with zero attached hydrogens (tertiary/aromatic N) is 1. The Bertz CT molecular complexity index is 563. The van der Waals surface area contributed by atoms with Crippen LogP contribution in [-0.2, 0) is 6.42 Å². The molecule has 0 radical (unpaired) electrons. The van der Waals surface area contributed by atoms with Gasteiger partial charge in [-0.05, 0) is 18.6 Å². The summed E-state index contributed by atoms with van der Waals surface area (Å²) in [4.78, 5) is 11.1. The number of benzene rings is 1. The summed E-state index contributed by atoms with van der Waals surface area (Å²) in [5, 5.41) is 15.3. The zero-order valence-corrected chi connectivity index (χ0v) is 9.82. The second-order valence-electron chi connectivity index (χ2n) is 3.48. The van der Waals surface area contributed by atoms with Crippen molar-refractivity contribution < 1.29 is 14.4 Å². The molecule has 5 heteroatoms. The number of aromatic carboxylic acids is 1. The van der Waals surface area contributed by atoms with Gasteiger partial charge in [-0.25, -0.2) is 0 Å². The predicted octanol–water partition coefficient (Wildman–Crippen LogP) is 1.92. The highest BCUT2D eigenvalue weighted by Crippen LogP contribution is 2.28. The quantitative estimate of drug-likeness (QED) is 0.835. The van der Waals surface area contributed by atoms with Gasteiger partial charge in [-0.2, -0.15) is 0 Å². The first-order valence-corrected chi connectivity index (χ1v) is 5.47. The van der Waals surface area contributed by atoms with E-state index in [1.165, 1.54) is 0 Å². The molecule has 0 aliphatic rings.